The van der Waals surface area contributed by atoms with E-state index >= 15 is 0 Å². The molecule has 0 radical (unpaired) electrons. The Morgan fingerprint density at radius 2 is 1.38 bits per heavy atom. The van der Waals surface area contributed by atoms with Gasteiger partial charge < -0.3 is 13.9 Å². The fraction of sp³-hybridized carbons (Fsp3) is 1.00. The highest BCUT2D eigenvalue weighted by Crippen LogP contribution is 2.26. The molecule has 0 heterocycles. The molecule has 0 N–H and O–H groups in total. The lowest BCUT2D eigenvalue weighted by Gasteiger charge is -2.42. The summed E-state index contributed by atoms with van der Waals surface area (Å²) < 4.78 is 8.60. The van der Waals surface area contributed by atoms with Crippen LogP contribution in [0.1, 0.15) is 27.2 Å². The predicted octanol–water partition coefficient (Wildman–Crippen LogP) is 4.10. The van der Waals surface area contributed by atoms with Crippen molar-refractivity contribution < 1.29 is 4.43 Å². The standard InChI is InChI=1S/C16H40N2OSi2/c1-9-21(10-2,11-3)18(15-14-17(4)5)13-12-16-20(7,8)19-6/h9-16H2,1-8H3. The molecule has 3 nitrogen and oxygen atoms in total. The largest absolute Gasteiger partial charge is 0.420 e. The van der Waals surface area contributed by atoms with E-state index < -0.39 is 16.6 Å². The fourth-order valence-electron chi connectivity index (χ4n) is 3.13. The highest BCUT2D eigenvalue weighted by Gasteiger charge is 2.34. The van der Waals surface area contributed by atoms with Crippen LogP contribution in [0, 0.1) is 0 Å². The average molecular weight is 333 g/mol. The molecule has 0 spiro atoms. The molecular weight excluding hydrogens is 292 g/mol. The summed E-state index contributed by atoms with van der Waals surface area (Å²) in [6, 6.07) is 5.44. The van der Waals surface area contributed by atoms with Gasteiger partial charge in [0.15, 0.2) is 8.32 Å². The van der Waals surface area contributed by atoms with Gasteiger partial charge >= 0.3 is 0 Å². The van der Waals surface area contributed by atoms with Gasteiger partial charge in [0.25, 0.3) is 0 Å². The Balaban J connectivity index is 4.73. The summed E-state index contributed by atoms with van der Waals surface area (Å²) in [5.41, 5.74) is 0. The van der Waals surface area contributed by atoms with E-state index in [2.05, 4.69) is 57.4 Å². The lowest BCUT2D eigenvalue weighted by molar-refractivity contribution is 0.324. The molecule has 0 aromatic rings. The average Bonchev–Trinajstić information content (AvgIpc) is 2.46. The highest BCUT2D eigenvalue weighted by atomic mass is 28.4. The van der Waals surface area contributed by atoms with Crippen molar-refractivity contribution in [1.29, 1.82) is 0 Å². The zero-order chi connectivity index (χ0) is 16.5. The van der Waals surface area contributed by atoms with Gasteiger partial charge in [-0.3, -0.25) is 0 Å². The summed E-state index contributed by atoms with van der Waals surface area (Å²) in [6.07, 6.45) is 1.30. The second-order valence-corrected chi connectivity index (χ2v) is 16.8. The Kier molecular flexibility index (Phi) is 10.3. The van der Waals surface area contributed by atoms with Crippen molar-refractivity contribution in [3.05, 3.63) is 0 Å². The van der Waals surface area contributed by atoms with Crippen molar-refractivity contribution >= 4 is 16.6 Å². The first-order valence-corrected chi connectivity index (χ1v) is 14.4. The Morgan fingerprint density at radius 1 is 0.857 bits per heavy atom. The molecule has 128 valence electrons. The summed E-state index contributed by atoms with van der Waals surface area (Å²) in [7, 11) is 3.62. The molecule has 0 amide bonds. The molecule has 0 aliphatic rings. The van der Waals surface area contributed by atoms with Gasteiger partial charge in [0.2, 0.25) is 0 Å². The molecule has 0 bridgehead atoms. The monoisotopic (exact) mass is 332 g/mol. The molecule has 0 saturated heterocycles. The van der Waals surface area contributed by atoms with Crippen LogP contribution in [0.3, 0.4) is 0 Å². The van der Waals surface area contributed by atoms with Crippen molar-refractivity contribution in [2.24, 2.45) is 0 Å². The Labute approximate surface area is 136 Å². The number of nitrogens with zero attached hydrogens (tertiary/aromatic N) is 2. The van der Waals surface area contributed by atoms with Gasteiger partial charge in [0, 0.05) is 20.2 Å². The highest BCUT2D eigenvalue weighted by molar-refractivity contribution is 6.77. The number of hydrogen-bond donors (Lipinski definition) is 0. The number of likely N-dealkylation sites (N-methyl/N-ethyl adjacent to an activating group) is 1. The van der Waals surface area contributed by atoms with E-state index in [1.807, 2.05) is 7.11 Å². The van der Waals surface area contributed by atoms with E-state index in [-0.39, 0.29) is 0 Å². The summed E-state index contributed by atoms with van der Waals surface area (Å²) in [5, 5.41) is 0. The molecule has 0 aliphatic heterocycles. The Hall–Kier alpha value is 0.314. The lowest BCUT2D eigenvalue weighted by Crippen LogP contribution is -2.54. The zero-order valence-corrected chi connectivity index (χ0v) is 18.0. The van der Waals surface area contributed by atoms with E-state index in [0.717, 1.165) is 0 Å². The van der Waals surface area contributed by atoms with Gasteiger partial charge in [0.1, 0.15) is 8.24 Å². The molecule has 0 atom stereocenters. The van der Waals surface area contributed by atoms with Gasteiger partial charge in [-0.25, -0.2) is 0 Å². The molecule has 0 aromatic carbocycles. The molecular formula is C16H40N2OSi2. The van der Waals surface area contributed by atoms with Crippen molar-refractivity contribution in [3.8, 4) is 0 Å². The third-order valence-electron chi connectivity index (χ3n) is 5.22. The summed E-state index contributed by atoms with van der Waals surface area (Å²) in [6.45, 7) is 15.6. The first kappa shape index (κ1) is 21.3. The van der Waals surface area contributed by atoms with Crippen LogP contribution in [0.25, 0.3) is 0 Å². The van der Waals surface area contributed by atoms with E-state index in [9.17, 15) is 0 Å². The SMILES string of the molecule is CC[Si](CC)(CC)N(CCC[Si](C)(C)OC)CCN(C)C. The van der Waals surface area contributed by atoms with Gasteiger partial charge in [-0.15, -0.1) is 0 Å². The predicted molar refractivity (Wildman–Crippen MR) is 101 cm³/mol. The van der Waals surface area contributed by atoms with Crippen LogP contribution in [-0.4, -0.2) is 66.9 Å². The minimum absolute atomic E-state index is 1.18. The van der Waals surface area contributed by atoms with E-state index in [1.165, 1.54) is 50.2 Å². The van der Waals surface area contributed by atoms with E-state index in [1.54, 1.807) is 0 Å². The zero-order valence-electron chi connectivity index (χ0n) is 16.0. The van der Waals surface area contributed by atoms with Gasteiger partial charge in [-0.1, -0.05) is 20.8 Å². The topological polar surface area (TPSA) is 15.7 Å². The second kappa shape index (κ2) is 10.2. The maximum atomic E-state index is 5.71. The first-order chi connectivity index (χ1) is 9.76. The number of hydrogen-bond acceptors (Lipinski definition) is 3. The van der Waals surface area contributed by atoms with Crippen LogP contribution < -0.4 is 0 Å². The minimum atomic E-state index is -1.40. The maximum Gasteiger partial charge on any atom is 0.186 e. The molecule has 0 saturated carbocycles. The van der Waals surface area contributed by atoms with Gasteiger partial charge in [-0.05, 0) is 64.3 Å². The molecule has 0 aromatic heterocycles. The Morgan fingerprint density at radius 3 is 1.76 bits per heavy atom. The molecule has 0 rings (SSSR count). The minimum Gasteiger partial charge on any atom is -0.420 e. The first-order valence-electron chi connectivity index (χ1n) is 8.71. The smallest absolute Gasteiger partial charge is 0.186 e. The van der Waals surface area contributed by atoms with Crippen molar-refractivity contribution in [3.63, 3.8) is 0 Å². The quantitative estimate of drug-likeness (QED) is 0.500. The van der Waals surface area contributed by atoms with Crippen LogP contribution in [0.15, 0.2) is 0 Å². The van der Waals surface area contributed by atoms with E-state index in [0.29, 0.717) is 0 Å². The molecule has 21 heavy (non-hydrogen) atoms. The van der Waals surface area contributed by atoms with Crippen molar-refractivity contribution in [1.82, 2.24) is 9.47 Å². The van der Waals surface area contributed by atoms with Crippen LogP contribution in [0.4, 0.5) is 0 Å². The maximum absolute atomic E-state index is 5.71. The second-order valence-electron chi connectivity index (χ2n) is 7.14. The van der Waals surface area contributed by atoms with Crippen LogP contribution >= 0.6 is 0 Å². The van der Waals surface area contributed by atoms with Crippen molar-refractivity contribution in [2.45, 2.75) is 64.5 Å². The van der Waals surface area contributed by atoms with E-state index in [4.69, 9.17) is 4.43 Å². The van der Waals surface area contributed by atoms with Crippen LogP contribution in [0.5, 0.6) is 0 Å². The summed E-state index contributed by atoms with van der Waals surface area (Å²) >= 11 is 0. The third kappa shape index (κ3) is 7.41. The third-order valence-corrected chi connectivity index (χ3v) is 13.6. The molecule has 0 aliphatic carbocycles. The normalized spacial score (nSPS) is 13.4. The molecule has 0 fully saturated rings. The summed E-state index contributed by atoms with van der Waals surface area (Å²) in [4.78, 5) is 2.32. The van der Waals surface area contributed by atoms with Gasteiger partial charge in [-0.2, -0.15) is 0 Å². The van der Waals surface area contributed by atoms with Crippen molar-refractivity contribution in [2.75, 3.05) is 40.8 Å². The lowest BCUT2D eigenvalue weighted by atomic mass is 10.4. The van der Waals surface area contributed by atoms with Gasteiger partial charge in [0.05, 0.1) is 0 Å². The fourth-order valence-corrected chi connectivity index (χ4v) is 8.39. The number of rotatable bonds is 12. The molecule has 5 heteroatoms. The summed E-state index contributed by atoms with van der Waals surface area (Å²) in [5.74, 6) is 0. The Bertz CT molecular complexity index is 261. The van der Waals surface area contributed by atoms with Crippen LogP contribution in [-0.2, 0) is 4.43 Å². The van der Waals surface area contributed by atoms with Crippen LogP contribution in [0.2, 0.25) is 37.3 Å². The molecule has 0 unspecified atom stereocenters.